The van der Waals surface area contributed by atoms with Crippen LogP contribution in [-0.2, 0) is 22.6 Å². The van der Waals surface area contributed by atoms with Crippen molar-refractivity contribution in [3.8, 4) is 0 Å². The Hall–Kier alpha value is -2.31. The molecule has 164 valence electrons. The number of carbonyl (C=O) groups excluding carboxylic acids is 1. The first kappa shape index (κ1) is 25.0. The zero-order valence-electron chi connectivity index (χ0n) is 17.1. The van der Waals surface area contributed by atoms with Gasteiger partial charge in [-0.25, -0.2) is 9.13 Å². The fraction of sp³-hybridized carbons (Fsp3) is 0.217. The van der Waals surface area contributed by atoms with Crippen LogP contribution in [0.4, 0.5) is 5.69 Å². The summed E-state index contributed by atoms with van der Waals surface area (Å²) in [4.78, 5) is 12.4. The Morgan fingerprint density at radius 2 is 2.06 bits per heavy atom. The Morgan fingerprint density at radius 3 is 2.77 bits per heavy atom. The molecule has 1 unspecified atom stereocenters. The lowest BCUT2D eigenvalue weighted by Gasteiger charge is -2.17. The number of amides is 1. The molecule has 1 atom stereocenters. The smallest absolute Gasteiger partial charge is 0.266 e. The van der Waals surface area contributed by atoms with Crippen LogP contribution in [0, 0.1) is 6.92 Å². The third-order valence-corrected chi connectivity index (χ3v) is 5.16. The molecule has 0 aliphatic rings. The van der Waals surface area contributed by atoms with E-state index >= 15 is 0 Å². The standard InChI is InChI=1S/C23H23Cl2N3O2.ClH/c1-3-12-30-22(19-9-8-18(24)13-20(19)25)14-27-10-11-28(16-27)15-23(29)26-21-7-5-4-6-17(21)2;/h3-11,13,16,22H,1,12,14-15H2,2H3;1H. The van der Waals surface area contributed by atoms with Crippen LogP contribution in [0.1, 0.15) is 17.2 Å². The third kappa shape index (κ3) is 7.11. The molecule has 0 aliphatic heterocycles. The number of nitrogens with one attached hydrogen (secondary N) is 1. The highest BCUT2D eigenvalue weighted by Crippen LogP contribution is 2.28. The lowest BCUT2D eigenvalue weighted by Crippen LogP contribution is -3.00. The highest BCUT2D eigenvalue weighted by Gasteiger charge is 2.20. The summed E-state index contributed by atoms with van der Waals surface area (Å²) in [5, 5.41) is 4.06. The number of benzene rings is 2. The van der Waals surface area contributed by atoms with E-state index in [0.29, 0.717) is 23.2 Å². The largest absolute Gasteiger partial charge is 1.00 e. The van der Waals surface area contributed by atoms with Crippen LogP contribution in [0.2, 0.25) is 10.0 Å². The van der Waals surface area contributed by atoms with E-state index in [2.05, 4.69) is 11.9 Å². The van der Waals surface area contributed by atoms with Gasteiger partial charge in [-0.2, -0.15) is 0 Å². The minimum Gasteiger partial charge on any atom is -1.00 e. The van der Waals surface area contributed by atoms with Gasteiger partial charge in [-0.3, -0.25) is 4.79 Å². The molecule has 0 fully saturated rings. The molecule has 0 spiro atoms. The van der Waals surface area contributed by atoms with Crippen LogP contribution in [0.15, 0.2) is 73.8 Å². The summed E-state index contributed by atoms with van der Waals surface area (Å²) < 4.78 is 9.71. The summed E-state index contributed by atoms with van der Waals surface area (Å²) in [6.45, 7) is 6.81. The van der Waals surface area contributed by atoms with E-state index < -0.39 is 0 Å². The van der Waals surface area contributed by atoms with Crippen molar-refractivity contribution < 1.29 is 26.5 Å². The number of ether oxygens (including phenoxy) is 1. The summed E-state index contributed by atoms with van der Waals surface area (Å²) in [6, 6.07) is 13.1. The van der Waals surface area contributed by atoms with E-state index in [1.807, 2.05) is 65.1 Å². The zero-order valence-corrected chi connectivity index (χ0v) is 19.4. The van der Waals surface area contributed by atoms with Crippen LogP contribution in [0.5, 0.6) is 0 Å². The third-order valence-electron chi connectivity index (χ3n) is 4.59. The molecular weight excluding hydrogens is 457 g/mol. The first-order chi connectivity index (χ1) is 14.5. The van der Waals surface area contributed by atoms with Crippen molar-refractivity contribution in [1.82, 2.24) is 4.57 Å². The number of halogens is 3. The lowest BCUT2D eigenvalue weighted by molar-refractivity contribution is -0.704. The minimum atomic E-state index is -0.283. The van der Waals surface area contributed by atoms with Gasteiger partial charge in [0, 0.05) is 21.3 Å². The number of aromatic nitrogens is 2. The zero-order chi connectivity index (χ0) is 21.5. The molecule has 5 nitrogen and oxygen atoms in total. The van der Waals surface area contributed by atoms with Crippen LogP contribution in [-0.4, -0.2) is 17.1 Å². The number of hydrogen-bond acceptors (Lipinski definition) is 2. The molecule has 3 rings (SSSR count). The Bertz CT molecular complexity index is 1040. The Labute approximate surface area is 198 Å². The molecule has 1 N–H and O–H groups in total. The van der Waals surface area contributed by atoms with Crippen molar-refractivity contribution in [2.45, 2.75) is 26.1 Å². The van der Waals surface area contributed by atoms with Gasteiger partial charge in [0.1, 0.15) is 25.0 Å². The van der Waals surface area contributed by atoms with Crippen LogP contribution < -0.4 is 22.3 Å². The number of rotatable bonds is 9. The van der Waals surface area contributed by atoms with E-state index in [9.17, 15) is 4.79 Å². The molecule has 1 heterocycles. The van der Waals surface area contributed by atoms with E-state index in [0.717, 1.165) is 16.8 Å². The highest BCUT2D eigenvalue weighted by atomic mass is 35.5. The van der Waals surface area contributed by atoms with E-state index in [4.69, 9.17) is 27.9 Å². The average Bonchev–Trinajstić information content (AvgIpc) is 3.14. The van der Waals surface area contributed by atoms with Gasteiger partial charge >= 0.3 is 0 Å². The first-order valence-electron chi connectivity index (χ1n) is 9.54. The summed E-state index contributed by atoms with van der Waals surface area (Å²) in [5.74, 6) is -0.0905. The van der Waals surface area contributed by atoms with Gasteiger partial charge in [-0.05, 0) is 30.7 Å². The maximum Gasteiger partial charge on any atom is 0.266 e. The number of para-hydroxylation sites is 1. The second-order valence-electron chi connectivity index (χ2n) is 6.92. The average molecular weight is 481 g/mol. The lowest BCUT2D eigenvalue weighted by atomic mass is 10.1. The maximum absolute atomic E-state index is 12.4. The van der Waals surface area contributed by atoms with Gasteiger partial charge in [0.05, 0.1) is 6.61 Å². The molecule has 1 aromatic heterocycles. The molecular formula is C23H24Cl3N3O2. The molecule has 8 heteroatoms. The summed E-state index contributed by atoms with van der Waals surface area (Å²) in [6.07, 6.45) is 7.03. The van der Waals surface area contributed by atoms with Crippen molar-refractivity contribution >= 4 is 34.8 Å². The van der Waals surface area contributed by atoms with Gasteiger partial charge in [0.2, 0.25) is 6.33 Å². The molecule has 31 heavy (non-hydrogen) atoms. The van der Waals surface area contributed by atoms with E-state index in [1.54, 1.807) is 18.2 Å². The van der Waals surface area contributed by atoms with Crippen LogP contribution >= 0.6 is 23.2 Å². The van der Waals surface area contributed by atoms with Gasteiger partial charge in [-0.15, -0.1) is 6.58 Å². The number of aryl methyl sites for hydroxylation is 1. The number of carbonyl (C=O) groups is 1. The monoisotopic (exact) mass is 479 g/mol. The SMILES string of the molecule is C=CCOC(C[n+]1ccn(CC(=O)Nc2ccccc2C)c1)c1ccc(Cl)cc1Cl.[Cl-]. The molecule has 0 aliphatic carbocycles. The van der Waals surface area contributed by atoms with Crippen molar-refractivity contribution in [2.24, 2.45) is 0 Å². The van der Waals surface area contributed by atoms with Gasteiger partial charge in [0.25, 0.3) is 5.91 Å². The second kappa shape index (κ2) is 11.9. The van der Waals surface area contributed by atoms with Crippen molar-refractivity contribution in [3.63, 3.8) is 0 Å². The molecule has 3 aromatic rings. The van der Waals surface area contributed by atoms with Gasteiger partial charge in [0.15, 0.2) is 6.54 Å². The highest BCUT2D eigenvalue weighted by molar-refractivity contribution is 6.35. The molecule has 1 amide bonds. The van der Waals surface area contributed by atoms with Gasteiger partial charge < -0.3 is 22.5 Å². The van der Waals surface area contributed by atoms with E-state index in [-0.39, 0.29) is 31.0 Å². The number of anilines is 1. The number of imidazole rings is 1. The molecule has 0 bridgehead atoms. The Balaban J connectivity index is 0.00000341. The summed E-state index contributed by atoms with van der Waals surface area (Å²) >= 11 is 12.4. The fourth-order valence-corrected chi connectivity index (χ4v) is 3.62. The second-order valence-corrected chi connectivity index (χ2v) is 7.77. The van der Waals surface area contributed by atoms with Crippen molar-refractivity contribution in [3.05, 3.63) is 95.0 Å². The maximum atomic E-state index is 12.4. The summed E-state index contributed by atoms with van der Waals surface area (Å²) in [5.41, 5.74) is 2.69. The number of hydrogen-bond donors (Lipinski definition) is 1. The predicted molar refractivity (Wildman–Crippen MR) is 120 cm³/mol. The van der Waals surface area contributed by atoms with Crippen molar-refractivity contribution in [2.75, 3.05) is 11.9 Å². The van der Waals surface area contributed by atoms with Crippen LogP contribution in [0.25, 0.3) is 0 Å². The predicted octanol–water partition coefficient (Wildman–Crippen LogP) is 1.98. The minimum absolute atomic E-state index is 0. The Kier molecular flexibility index (Phi) is 9.59. The summed E-state index contributed by atoms with van der Waals surface area (Å²) in [7, 11) is 0. The van der Waals surface area contributed by atoms with Crippen LogP contribution in [0.3, 0.4) is 0 Å². The van der Waals surface area contributed by atoms with Crippen molar-refractivity contribution in [1.29, 1.82) is 0 Å². The number of nitrogens with zero attached hydrogens (tertiary/aromatic N) is 2. The quantitative estimate of drug-likeness (QED) is 0.376. The normalized spacial score (nSPS) is 11.5. The molecule has 0 saturated carbocycles. The van der Waals surface area contributed by atoms with E-state index in [1.165, 1.54) is 0 Å². The first-order valence-corrected chi connectivity index (χ1v) is 10.3. The fourth-order valence-electron chi connectivity index (χ4n) is 3.09. The molecule has 0 radical (unpaired) electrons. The van der Waals surface area contributed by atoms with Gasteiger partial charge in [-0.1, -0.05) is 53.5 Å². The molecule has 2 aromatic carbocycles. The molecule has 0 saturated heterocycles. The Morgan fingerprint density at radius 1 is 1.29 bits per heavy atom. The topological polar surface area (TPSA) is 47.1 Å².